The summed E-state index contributed by atoms with van der Waals surface area (Å²) in [5.41, 5.74) is 0. The summed E-state index contributed by atoms with van der Waals surface area (Å²) >= 11 is 1.48. The minimum Gasteiger partial charge on any atom is -0.454 e. The van der Waals surface area contributed by atoms with Gasteiger partial charge in [0, 0.05) is 13.1 Å². The van der Waals surface area contributed by atoms with Crippen LogP contribution in [0.15, 0.2) is 35.2 Å². The first kappa shape index (κ1) is 22.7. The fraction of sp³-hybridized carbons (Fsp3) is 0.556. The van der Waals surface area contributed by atoms with Gasteiger partial charge in [0.1, 0.15) is 6.04 Å². The minimum atomic E-state index is -3.87. The number of hydrogen-bond donors (Lipinski definition) is 1. The summed E-state index contributed by atoms with van der Waals surface area (Å²) in [5, 5.41) is 0. The molecule has 0 saturated carbocycles. The topological polar surface area (TPSA) is 102 Å². The predicted molar refractivity (Wildman–Crippen MR) is 107 cm³/mol. The highest BCUT2D eigenvalue weighted by Crippen LogP contribution is 2.12. The van der Waals surface area contributed by atoms with E-state index in [-0.39, 0.29) is 23.3 Å². The molecule has 1 fully saturated rings. The third-order valence-electron chi connectivity index (χ3n) is 4.18. The van der Waals surface area contributed by atoms with Gasteiger partial charge in [-0.25, -0.2) is 8.42 Å². The molecule has 28 heavy (non-hydrogen) atoms. The Kier molecular flexibility index (Phi) is 8.74. The molecule has 0 radical (unpaired) electrons. The quantitative estimate of drug-likeness (QED) is 0.580. The van der Waals surface area contributed by atoms with Crippen molar-refractivity contribution in [1.29, 1.82) is 0 Å². The highest BCUT2D eigenvalue weighted by molar-refractivity contribution is 7.98. The zero-order valence-corrected chi connectivity index (χ0v) is 17.6. The maximum Gasteiger partial charge on any atom is 0.324 e. The fourth-order valence-corrected chi connectivity index (χ4v) is 4.40. The number of thioether (sulfide) groups is 1. The third kappa shape index (κ3) is 6.77. The Morgan fingerprint density at radius 2 is 2.07 bits per heavy atom. The first-order valence-corrected chi connectivity index (χ1v) is 11.8. The first-order valence-electron chi connectivity index (χ1n) is 8.96. The van der Waals surface area contributed by atoms with E-state index in [9.17, 15) is 18.0 Å². The monoisotopic (exact) mass is 430 g/mol. The molecule has 1 heterocycles. The summed E-state index contributed by atoms with van der Waals surface area (Å²) < 4.78 is 37.9. The Labute approximate surface area is 170 Å². The van der Waals surface area contributed by atoms with E-state index in [0.717, 1.165) is 0 Å². The van der Waals surface area contributed by atoms with Gasteiger partial charge < -0.3 is 14.4 Å². The van der Waals surface area contributed by atoms with Crippen LogP contribution in [0.25, 0.3) is 0 Å². The summed E-state index contributed by atoms with van der Waals surface area (Å²) in [6, 6.07) is 6.74. The summed E-state index contributed by atoms with van der Waals surface area (Å²) in [7, 11) is -3.87. The average molecular weight is 431 g/mol. The second-order valence-corrected chi connectivity index (χ2v) is 9.10. The predicted octanol–water partition coefficient (Wildman–Crippen LogP) is 0.877. The number of nitrogens with zero attached hydrogens (tertiary/aromatic N) is 1. The molecule has 1 amide bonds. The van der Waals surface area contributed by atoms with Crippen LogP contribution in [0.1, 0.15) is 13.3 Å². The Morgan fingerprint density at radius 3 is 2.71 bits per heavy atom. The number of benzene rings is 1. The lowest BCUT2D eigenvalue weighted by molar-refractivity contribution is -0.156. The maximum absolute atomic E-state index is 12.5. The summed E-state index contributed by atoms with van der Waals surface area (Å²) in [6.45, 7) is 2.76. The molecule has 2 unspecified atom stereocenters. The van der Waals surface area contributed by atoms with Crippen LogP contribution >= 0.6 is 11.8 Å². The van der Waals surface area contributed by atoms with Crippen molar-refractivity contribution in [2.45, 2.75) is 30.4 Å². The van der Waals surface area contributed by atoms with E-state index >= 15 is 0 Å². The SMILES string of the molecule is CSCCC(NS(=O)(=O)c1ccccc1)C(=O)OCC(=O)N1CCOC(C)C1. The molecule has 0 bridgehead atoms. The summed E-state index contributed by atoms with van der Waals surface area (Å²) in [4.78, 5) is 26.3. The Bertz CT molecular complexity index is 757. The van der Waals surface area contributed by atoms with Gasteiger partial charge in [0.05, 0.1) is 17.6 Å². The summed E-state index contributed by atoms with van der Waals surface area (Å²) in [5.74, 6) is -0.521. The standard InChI is InChI=1S/C18H26N2O6S2/c1-14-12-20(9-10-25-14)17(21)13-26-18(22)16(8-11-27-2)19-28(23,24)15-6-4-3-5-7-15/h3-7,14,16,19H,8-13H2,1-2H3. The van der Waals surface area contributed by atoms with Crippen molar-refractivity contribution in [3.8, 4) is 0 Å². The van der Waals surface area contributed by atoms with Gasteiger partial charge >= 0.3 is 5.97 Å². The lowest BCUT2D eigenvalue weighted by Crippen LogP contribution is -2.47. The third-order valence-corrected chi connectivity index (χ3v) is 6.31. The number of hydrogen-bond acceptors (Lipinski definition) is 7. The van der Waals surface area contributed by atoms with Crippen LogP contribution in [0, 0.1) is 0 Å². The van der Waals surface area contributed by atoms with E-state index in [1.165, 1.54) is 23.9 Å². The number of esters is 1. The molecule has 1 aromatic carbocycles. The van der Waals surface area contributed by atoms with E-state index in [2.05, 4.69) is 4.72 Å². The van der Waals surface area contributed by atoms with Gasteiger partial charge in [-0.05, 0) is 37.5 Å². The molecule has 0 aromatic heterocycles. The van der Waals surface area contributed by atoms with Crippen molar-refractivity contribution >= 4 is 33.7 Å². The molecule has 2 atom stereocenters. The minimum absolute atomic E-state index is 0.0651. The molecule has 1 N–H and O–H groups in total. The van der Waals surface area contributed by atoms with Gasteiger partial charge in [0.2, 0.25) is 10.0 Å². The van der Waals surface area contributed by atoms with Crippen molar-refractivity contribution in [3.05, 3.63) is 30.3 Å². The molecule has 1 aliphatic heterocycles. The Morgan fingerprint density at radius 1 is 1.36 bits per heavy atom. The highest BCUT2D eigenvalue weighted by Gasteiger charge is 2.28. The molecule has 156 valence electrons. The Hall–Kier alpha value is -1.62. The van der Waals surface area contributed by atoms with Crippen LogP contribution in [-0.4, -0.2) is 75.7 Å². The number of amides is 1. The number of carbonyl (C=O) groups is 2. The Balaban J connectivity index is 1.97. The van der Waals surface area contributed by atoms with Crippen molar-refractivity contribution in [2.75, 3.05) is 38.3 Å². The first-order chi connectivity index (χ1) is 13.3. The second-order valence-electron chi connectivity index (χ2n) is 6.40. The zero-order chi connectivity index (χ0) is 20.6. The van der Waals surface area contributed by atoms with Crippen molar-refractivity contribution in [2.24, 2.45) is 0 Å². The average Bonchev–Trinajstić information content (AvgIpc) is 2.69. The van der Waals surface area contributed by atoms with Crippen LogP contribution in [0.3, 0.4) is 0 Å². The molecule has 1 aromatic rings. The van der Waals surface area contributed by atoms with Crippen molar-refractivity contribution in [3.63, 3.8) is 0 Å². The van der Waals surface area contributed by atoms with Gasteiger partial charge in [-0.2, -0.15) is 16.5 Å². The number of morpholine rings is 1. The van der Waals surface area contributed by atoms with Crippen LogP contribution in [0.2, 0.25) is 0 Å². The maximum atomic E-state index is 12.5. The zero-order valence-electron chi connectivity index (χ0n) is 16.0. The largest absolute Gasteiger partial charge is 0.454 e. The molecule has 1 saturated heterocycles. The smallest absolute Gasteiger partial charge is 0.324 e. The number of nitrogens with one attached hydrogen (secondary N) is 1. The second kappa shape index (κ2) is 10.8. The number of carbonyl (C=O) groups excluding carboxylic acids is 2. The molecule has 0 spiro atoms. The van der Waals surface area contributed by atoms with Crippen molar-refractivity contribution < 1.29 is 27.5 Å². The van der Waals surface area contributed by atoms with E-state index in [1.807, 2.05) is 13.2 Å². The van der Waals surface area contributed by atoms with Gasteiger partial charge in [0.25, 0.3) is 5.91 Å². The van der Waals surface area contributed by atoms with E-state index < -0.39 is 28.6 Å². The number of sulfonamides is 1. The van der Waals surface area contributed by atoms with Crippen LogP contribution < -0.4 is 4.72 Å². The molecule has 1 aliphatic rings. The molecule has 0 aliphatic carbocycles. The lowest BCUT2D eigenvalue weighted by atomic mass is 10.2. The molecular weight excluding hydrogens is 404 g/mol. The van der Waals surface area contributed by atoms with Gasteiger partial charge in [0.15, 0.2) is 6.61 Å². The highest BCUT2D eigenvalue weighted by atomic mass is 32.2. The number of ether oxygens (including phenoxy) is 2. The number of rotatable bonds is 9. The van der Waals surface area contributed by atoms with Gasteiger partial charge in [-0.1, -0.05) is 18.2 Å². The summed E-state index contributed by atoms with van der Waals surface area (Å²) in [6.07, 6.45) is 2.05. The van der Waals surface area contributed by atoms with Crippen molar-refractivity contribution in [1.82, 2.24) is 9.62 Å². The molecule has 2 rings (SSSR count). The lowest BCUT2D eigenvalue weighted by Gasteiger charge is -2.31. The van der Waals surface area contributed by atoms with Gasteiger partial charge in [-0.3, -0.25) is 9.59 Å². The van der Waals surface area contributed by atoms with Crippen LogP contribution in [0.5, 0.6) is 0 Å². The molecular formula is C18H26N2O6S2. The van der Waals surface area contributed by atoms with E-state index in [1.54, 1.807) is 23.1 Å². The fourth-order valence-electron chi connectivity index (χ4n) is 2.69. The van der Waals surface area contributed by atoms with E-state index in [0.29, 0.717) is 25.4 Å². The van der Waals surface area contributed by atoms with E-state index in [4.69, 9.17) is 9.47 Å². The molecule has 8 nitrogen and oxygen atoms in total. The van der Waals surface area contributed by atoms with Crippen LogP contribution in [-0.2, 0) is 29.1 Å². The van der Waals surface area contributed by atoms with Crippen LogP contribution in [0.4, 0.5) is 0 Å². The van der Waals surface area contributed by atoms with Gasteiger partial charge in [-0.15, -0.1) is 0 Å². The molecule has 10 heteroatoms. The normalized spacial score (nSPS) is 18.5.